The van der Waals surface area contributed by atoms with Crippen LogP contribution in [-0.4, -0.2) is 52.8 Å². The van der Waals surface area contributed by atoms with Gasteiger partial charge in [0.15, 0.2) is 6.10 Å². The van der Waals surface area contributed by atoms with E-state index in [0.29, 0.717) is 25.9 Å². The third kappa shape index (κ3) is 4.42. The molecule has 21 heavy (non-hydrogen) atoms. The molecule has 2 amide bonds. The van der Waals surface area contributed by atoms with Crippen LogP contribution >= 0.6 is 0 Å². The van der Waals surface area contributed by atoms with Gasteiger partial charge in [0.25, 0.3) is 0 Å². The summed E-state index contributed by atoms with van der Waals surface area (Å²) in [6, 6.07) is 3.49. The summed E-state index contributed by atoms with van der Waals surface area (Å²) in [5.41, 5.74) is 0.943. The summed E-state index contributed by atoms with van der Waals surface area (Å²) in [5, 5.41) is 11.6. The van der Waals surface area contributed by atoms with Crippen LogP contribution in [-0.2, 0) is 16.1 Å². The predicted molar refractivity (Wildman–Crippen MR) is 74.6 cm³/mol. The molecule has 0 aromatic carbocycles. The van der Waals surface area contributed by atoms with Crippen molar-refractivity contribution in [2.24, 2.45) is 0 Å². The van der Waals surface area contributed by atoms with Crippen LogP contribution in [0.3, 0.4) is 0 Å². The Morgan fingerprint density at radius 1 is 1.52 bits per heavy atom. The number of nitrogens with one attached hydrogen (secondary N) is 1. The van der Waals surface area contributed by atoms with Crippen molar-refractivity contribution in [3.05, 3.63) is 30.1 Å². The highest BCUT2D eigenvalue weighted by atomic mass is 16.5. The number of nitrogens with zero attached hydrogens (tertiary/aromatic N) is 2. The number of pyridine rings is 1. The Bertz CT molecular complexity index is 494. The average Bonchev–Trinajstić information content (AvgIpc) is 2.95. The van der Waals surface area contributed by atoms with E-state index in [1.807, 2.05) is 12.1 Å². The first-order valence-corrected chi connectivity index (χ1v) is 6.82. The molecule has 2 rings (SSSR count). The first-order valence-electron chi connectivity index (χ1n) is 6.82. The lowest BCUT2D eigenvalue weighted by Gasteiger charge is -2.19. The quantitative estimate of drug-likeness (QED) is 0.840. The number of ether oxygens (including phenoxy) is 1. The first kappa shape index (κ1) is 15.2. The van der Waals surface area contributed by atoms with Crippen molar-refractivity contribution < 1.29 is 19.4 Å². The second kappa shape index (κ2) is 7.03. The molecule has 1 aromatic rings. The summed E-state index contributed by atoms with van der Waals surface area (Å²) >= 11 is 0. The summed E-state index contributed by atoms with van der Waals surface area (Å²) in [4.78, 5) is 28.3. The summed E-state index contributed by atoms with van der Waals surface area (Å²) in [7, 11) is 1.69. The Hall–Kier alpha value is -2.15. The number of carboxylic acids is 1. The molecule has 1 saturated heterocycles. The number of rotatable bonds is 5. The minimum absolute atomic E-state index is 0.221. The van der Waals surface area contributed by atoms with E-state index in [9.17, 15) is 9.59 Å². The van der Waals surface area contributed by atoms with Crippen molar-refractivity contribution in [2.75, 3.05) is 13.6 Å². The van der Waals surface area contributed by atoms with Crippen LogP contribution in [0, 0.1) is 0 Å². The van der Waals surface area contributed by atoms with Crippen molar-refractivity contribution in [1.29, 1.82) is 0 Å². The Morgan fingerprint density at radius 2 is 2.33 bits per heavy atom. The van der Waals surface area contributed by atoms with Crippen LogP contribution in [0.4, 0.5) is 4.79 Å². The zero-order chi connectivity index (χ0) is 15.2. The molecule has 114 valence electrons. The number of amides is 2. The monoisotopic (exact) mass is 293 g/mol. The molecular formula is C14H19N3O4. The van der Waals surface area contributed by atoms with Crippen molar-refractivity contribution in [2.45, 2.75) is 31.6 Å². The largest absolute Gasteiger partial charge is 0.479 e. The molecule has 0 saturated carbocycles. The zero-order valence-corrected chi connectivity index (χ0v) is 11.9. The minimum Gasteiger partial charge on any atom is -0.479 e. The predicted octanol–water partition coefficient (Wildman–Crippen LogP) is 0.855. The fourth-order valence-electron chi connectivity index (χ4n) is 2.21. The molecule has 2 N–H and O–H groups in total. The Morgan fingerprint density at radius 3 is 2.95 bits per heavy atom. The molecule has 7 nitrogen and oxygen atoms in total. The van der Waals surface area contributed by atoms with E-state index in [1.165, 1.54) is 0 Å². The van der Waals surface area contributed by atoms with Crippen LogP contribution < -0.4 is 5.32 Å². The fraction of sp³-hybridized carbons (Fsp3) is 0.500. The molecule has 0 bridgehead atoms. The van der Waals surface area contributed by atoms with Gasteiger partial charge in [-0.25, -0.2) is 9.59 Å². The Labute approximate surface area is 122 Å². The van der Waals surface area contributed by atoms with E-state index < -0.39 is 12.1 Å². The van der Waals surface area contributed by atoms with E-state index in [-0.39, 0.29) is 12.1 Å². The number of aromatic nitrogens is 1. The summed E-state index contributed by atoms with van der Waals surface area (Å²) in [6.45, 7) is 0.781. The van der Waals surface area contributed by atoms with Gasteiger partial charge in [-0.1, -0.05) is 6.07 Å². The Kier molecular flexibility index (Phi) is 5.10. The normalized spacial score (nSPS) is 21.0. The molecule has 7 heteroatoms. The molecule has 0 radical (unpaired) electrons. The van der Waals surface area contributed by atoms with Gasteiger partial charge in [0, 0.05) is 32.5 Å². The SMILES string of the molecule is CN(Cc1cccnc1)C(=O)NCC1CCC(C(=O)O)O1. The molecular weight excluding hydrogens is 274 g/mol. The number of hydrogen-bond acceptors (Lipinski definition) is 4. The van der Waals surface area contributed by atoms with E-state index in [4.69, 9.17) is 9.84 Å². The maximum absolute atomic E-state index is 11.9. The van der Waals surface area contributed by atoms with Crippen LogP contribution in [0.5, 0.6) is 0 Å². The third-order valence-corrected chi connectivity index (χ3v) is 3.35. The smallest absolute Gasteiger partial charge is 0.332 e. The van der Waals surface area contributed by atoms with Crippen LogP contribution in [0.25, 0.3) is 0 Å². The minimum atomic E-state index is -0.947. The number of carboxylic acid groups (broad SMARTS) is 1. The van der Waals surface area contributed by atoms with Crippen LogP contribution in [0.1, 0.15) is 18.4 Å². The molecule has 1 aromatic heterocycles. The zero-order valence-electron chi connectivity index (χ0n) is 11.9. The van der Waals surface area contributed by atoms with Crippen molar-refractivity contribution in [3.8, 4) is 0 Å². The second-order valence-electron chi connectivity index (χ2n) is 5.07. The van der Waals surface area contributed by atoms with Gasteiger partial charge in [0.05, 0.1) is 6.10 Å². The van der Waals surface area contributed by atoms with Gasteiger partial charge in [-0.15, -0.1) is 0 Å². The fourth-order valence-corrected chi connectivity index (χ4v) is 2.21. The molecule has 2 atom stereocenters. The van der Waals surface area contributed by atoms with Crippen molar-refractivity contribution in [1.82, 2.24) is 15.2 Å². The molecule has 2 heterocycles. The molecule has 1 aliphatic rings. The number of hydrogen-bond donors (Lipinski definition) is 2. The summed E-state index contributed by atoms with van der Waals surface area (Å²) in [5.74, 6) is -0.947. The summed E-state index contributed by atoms with van der Waals surface area (Å²) < 4.78 is 5.33. The van der Waals surface area contributed by atoms with Gasteiger partial charge in [-0.05, 0) is 24.5 Å². The molecule has 0 spiro atoms. The van der Waals surface area contributed by atoms with Crippen LogP contribution in [0.15, 0.2) is 24.5 Å². The highest BCUT2D eigenvalue weighted by Gasteiger charge is 2.30. The number of urea groups is 1. The van der Waals surface area contributed by atoms with Gasteiger partial charge in [0.2, 0.25) is 0 Å². The van der Waals surface area contributed by atoms with Gasteiger partial charge in [0.1, 0.15) is 0 Å². The summed E-state index contributed by atoms with van der Waals surface area (Å²) in [6.07, 6.45) is 3.54. The average molecular weight is 293 g/mol. The van der Waals surface area contributed by atoms with E-state index in [0.717, 1.165) is 5.56 Å². The third-order valence-electron chi connectivity index (χ3n) is 3.35. The maximum atomic E-state index is 11.9. The molecule has 0 aliphatic carbocycles. The van der Waals surface area contributed by atoms with Crippen LogP contribution in [0.2, 0.25) is 0 Å². The number of aliphatic carboxylic acids is 1. The lowest BCUT2D eigenvalue weighted by molar-refractivity contribution is -0.149. The molecule has 1 fully saturated rings. The topological polar surface area (TPSA) is 91.8 Å². The van der Waals surface area contributed by atoms with Gasteiger partial charge in [-0.2, -0.15) is 0 Å². The highest BCUT2D eigenvalue weighted by molar-refractivity contribution is 5.74. The number of carbonyl (C=O) groups excluding carboxylic acids is 1. The van der Waals surface area contributed by atoms with Crippen molar-refractivity contribution in [3.63, 3.8) is 0 Å². The lowest BCUT2D eigenvalue weighted by Crippen LogP contribution is -2.40. The number of carbonyl (C=O) groups is 2. The first-order chi connectivity index (χ1) is 10.1. The molecule has 1 aliphatic heterocycles. The van der Waals surface area contributed by atoms with Gasteiger partial charge >= 0.3 is 12.0 Å². The molecule has 2 unspecified atom stereocenters. The van der Waals surface area contributed by atoms with E-state index in [1.54, 1.807) is 24.3 Å². The van der Waals surface area contributed by atoms with Gasteiger partial charge < -0.3 is 20.1 Å². The van der Waals surface area contributed by atoms with Gasteiger partial charge in [-0.3, -0.25) is 4.98 Å². The van der Waals surface area contributed by atoms with E-state index >= 15 is 0 Å². The highest BCUT2D eigenvalue weighted by Crippen LogP contribution is 2.19. The Balaban J connectivity index is 1.73. The van der Waals surface area contributed by atoms with Crippen molar-refractivity contribution >= 4 is 12.0 Å². The van der Waals surface area contributed by atoms with E-state index in [2.05, 4.69) is 10.3 Å². The standard InChI is InChI=1S/C14H19N3O4/c1-17(9-10-3-2-6-15-7-10)14(20)16-8-11-4-5-12(21-11)13(18)19/h2-3,6-7,11-12H,4-5,8-9H2,1H3,(H,16,20)(H,18,19). The lowest BCUT2D eigenvalue weighted by atomic mass is 10.2. The second-order valence-corrected chi connectivity index (χ2v) is 5.07. The maximum Gasteiger partial charge on any atom is 0.332 e.